The third kappa shape index (κ3) is 5.00. The Balaban J connectivity index is 1.01. The van der Waals surface area contributed by atoms with Gasteiger partial charge in [0.15, 0.2) is 0 Å². The fraction of sp³-hybridized carbons (Fsp3) is 0.276. The van der Waals surface area contributed by atoms with Gasteiger partial charge in [-0.05, 0) is 158 Å². The molecule has 12 rings (SSSR count). The largest absolute Gasteiger partial charge is 0.456 e. The van der Waals surface area contributed by atoms with Crippen molar-refractivity contribution in [3.05, 3.63) is 173 Å². The van der Waals surface area contributed by atoms with Gasteiger partial charge in [0.2, 0.25) is 0 Å². The summed E-state index contributed by atoms with van der Waals surface area (Å²) in [7, 11) is 0. The summed E-state index contributed by atoms with van der Waals surface area (Å²) < 4.78 is 6.52. The summed E-state index contributed by atoms with van der Waals surface area (Å²) in [5.41, 5.74) is 22.8. The Kier molecular flexibility index (Phi) is 7.42. The van der Waals surface area contributed by atoms with Crippen LogP contribution in [0.25, 0.3) is 55.3 Å². The van der Waals surface area contributed by atoms with Crippen molar-refractivity contribution in [2.45, 2.75) is 102 Å². The minimum Gasteiger partial charge on any atom is -0.456 e. The molecule has 0 unspecified atom stereocenters. The van der Waals surface area contributed by atoms with Gasteiger partial charge in [-0.25, -0.2) is 0 Å². The minimum absolute atomic E-state index is 0.00336. The minimum atomic E-state index is -0.00336. The molecule has 0 bridgehead atoms. The van der Waals surface area contributed by atoms with E-state index in [1.165, 1.54) is 94.3 Å². The molecule has 4 aliphatic rings. The molecule has 8 aromatic rings. The molecule has 1 aromatic heterocycles. The molecule has 60 heavy (non-hydrogen) atoms. The zero-order valence-corrected chi connectivity index (χ0v) is 35.9. The summed E-state index contributed by atoms with van der Waals surface area (Å²) >= 11 is 0. The van der Waals surface area contributed by atoms with Crippen molar-refractivity contribution in [1.82, 2.24) is 0 Å². The SMILES string of the molecule is CC1(C)CCC(C)(C)c2cc3c(cc21)-c1ccc(N(c2ccc(-c4ccc5c(c4)-c4ccccc4C5(C)C)cc2)c2ccc4c(c2)oc2ccccc24)cc1C31CCCC1. The molecule has 0 aliphatic heterocycles. The lowest BCUT2D eigenvalue weighted by Gasteiger charge is -2.43. The smallest absolute Gasteiger partial charge is 0.137 e. The molecular weight excluding hydrogens is 727 g/mol. The van der Waals surface area contributed by atoms with Gasteiger partial charge in [0.05, 0.1) is 0 Å². The molecule has 1 spiro atoms. The van der Waals surface area contributed by atoms with Crippen LogP contribution in [0.5, 0.6) is 0 Å². The molecule has 0 atom stereocenters. The van der Waals surface area contributed by atoms with Crippen LogP contribution in [0, 0.1) is 0 Å². The van der Waals surface area contributed by atoms with E-state index in [9.17, 15) is 0 Å². The lowest BCUT2D eigenvalue weighted by atomic mass is 9.62. The second-order valence-corrected chi connectivity index (χ2v) is 20.3. The Morgan fingerprint density at radius 2 is 0.983 bits per heavy atom. The van der Waals surface area contributed by atoms with Crippen LogP contribution in [0.1, 0.15) is 113 Å². The van der Waals surface area contributed by atoms with Crippen LogP contribution in [-0.4, -0.2) is 0 Å². The van der Waals surface area contributed by atoms with E-state index in [0.717, 1.165) is 33.3 Å². The third-order valence-corrected chi connectivity index (χ3v) is 15.7. The molecule has 1 heterocycles. The van der Waals surface area contributed by atoms with Crippen molar-refractivity contribution in [3.8, 4) is 33.4 Å². The molecule has 2 nitrogen and oxygen atoms in total. The molecule has 0 saturated heterocycles. The Bertz CT molecular complexity index is 3070. The summed E-state index contributed by atoms with van der Waals surface area (Å²) in [5, 5.41) is 2.30. The quantitative estimate of drug-likeness (QED) is 0.177. The molecule has 296 valence electrons. The number of benzene rings is 7. The number of furan rings is 1. The standard InChI is InChI=1S/C58H53NO/c1-55(2)29-30-56(3,4)52-35-50-46(34-51(52)55)42-24-22-39(32-49(42)58(50)27-11-12-28-58)59(40-23-25-44-43-14-8-10-16-53(43)60-54(44)33-40)38-20-17-36(18-21-38)37-19-26-48-45(31-37)41-13-7-9-15-47(41)57(48,5)6/h7-10,13-26,31-35H,11-12,27-30H2,1-6H3. The summed E-state index contributed by atoms with van der Waals surface area (Å²) in [6.45, 7) is 14.6. The summed E-state index contributed by atoms with van der Waals surface area (Å²) in [6, 6.07) is 53.1. The second kappa shape index (κ2) is 12.4. The number of para-hydroxylation sites is 1. The van der Waals surface area contributed by atoms with Gasteiger partial charge >= 0.3 is 0 Å². The maximum Gasteiger partial charge on any atom is 0.137 e. The topological polar surface area (TPSA) is 16.4 Å². The lowest BCUT2D eigenvalue weighted by molar-refractivity contribution is 0.331. The predicted molar refractivity (Wildman–Crippen MR) is 251 cm³/mol. The Hall–Kier alpha value is -5.86. The van der Waals surface area contributed by atoms with Gasteiger partial charge in [0, 0.05) is 44.7 Å². The highest BCUT2D eigenvalue weighted by Crippen LogP contribution is 2.60. The van der Waals surface area contributed by atoms with Gasteiger partial charge in [-0.2, -0.15) is 0 Å². The van der Waals surface area contributed by atoms with E-state index in [2.05, 4.69) is 186 Å². The summed E-state index contributed by atoms with van der Waals surface area (Å²) in [4.78, 5) is 2.46. The zero-order chi connectivity index (χ0) is 40.8. The first-order valence-electron chi connectivity index (χ1n) is 22.3. The van der Waals surface area contributed by atoms with Crippen LogP contribution in [0.2, 0.25) is 0 Å². The van der Waals surface area contributed by atoms with E-state index in [-0.39, 0.29) is 21.7 Å². The fourth-order valence-corrected chi connectivity index (χ4v) is 12.2. The maximum absolute atomic E-state index is 6.52. The van der Waals surface area contributed by atoms with Crippen molar-refractivity contribution in [2.24, 2.45) is 0 Å². The molecule has 4 aliphatic carbocycles. The van der Waals surface area contributed by atoms with Gasteiger partial charge in [0.1, 0.15) is 11.2 Å². The summed E-state index contributed by atoms with van der Waals surface area (Å²) in [6.07, 6.45) is 7.42. The van der Waals surface area contributed by atoms with Crippen molar-refractivity contribution >= 4 is 39.0 Å². The van der Waals surface area contributed by atoms with Crippen LogP contribution >= 0.6 is 0 Å². The number of hydrogen-bond donors (Lipinski definition) is 0. The van der Waals surface area contributed by atoms with Crippen LogP contribution in [0.3, 0.4) is 0 Å². The van der Waals surface area contributed by atoms with Crippen LogP contribution in [0.4, 0.5) is 17.1 Å². The average Bonchev–Trinajstić information content (AvgIpc) is 4.01. The number of anilines is 3. The first-order valence-corrected chi connectivity index (χ1v) is 22.3. The normalized spacial score (nSPS) is 18.3. The molecule has 2 heteroatoms. The molecular formula is C58H53NO. The van der Waals surface area contributed by atoms with E-state index in [4.69, 9.17) is 4.42 Å². The van der Waals surface area contributed by atoms with Crippen molar-refractivity contribution in [2.75, 3.05) is 4.90 Å². The Labute approximate surface area is 354 Å². The van der Waals surface area contributed by atoms with Gasteiger partial charge < -0.3 is 9.32 Å². The van der Waals surface area contributed by atoms with Gasteiger partial charge in [-0.1, -0.05) is 133 Å². The number of fused-ring (bicyclic) bond motifs is 12. The predicted octanol–water partition coefficient (Wildman–Crippen LogP) is 16.2. The fourth-order valence-electron chi connectivity index (χ4n) is 12.2. The Morgan fingerprint density at radius 1 is 0.400 bits per heavy atom. The van der Waals surface area contributed by atoms with Gasteiger partial charge in [-0.15, -0.1) is 0 Å². The van der Waals surface area contributed by atoms with Crippen molar-refractivity contribution in [3.63, 3.8) is 0 Å². The van der Waals surface area contributed by atoms with E-state index in [0.29, 0.717) is 0 Å². The average molecular weight is 780 g/mol. The van der Waals surface area contributed by atoms with Gasteiger partial charge in [-0.3, -0.25) is 0 Å². The van der Waals surface area contributed by atoms with Crippen LogP contribution in [0.15, 0.2) is 144 Å². The highest BCUT2D eigenvalue weighted by atomic mass is 16.3. The van der Waals surface area contributed by atoms with Crippen molar-refractivity contribution in [1.29, 1.82) is 0 Å². The monoisotopic (exact) mass is 779 g/mol. The number of nitrogens with zero attached hydrogens (tertiary/aromatic N) is 1. The first-order chi connectivity index (χ1) is 28.9. The number of hydrogen-bond acceptors (Lipinski definition) is 2. The third-order valence-electron chi connectivity index (χ3n) is 15.7. The van der Waals surface area contributed by atoms with Crippen LogP contribution < -0.4 is 4.90 Å². The molecule has 0 radical (unpaired) electrons. The molecule has 1 fully saturated rings. The lowest BCUT2D eigenvalue weighted by Crippen LogP contribution is -2.34. The van der Waals surface area contributed by atoms with E-state index in [1.807, 2.05) is 0 Å². The molecule has 7 aromatic carbocycles. The maximum atomic E-state index is 6.52. The molecule has 0 amide bonds. The molecule has 1 saturated carbocycles. The highest BCUT2D eigenvalue weighted by molar-refractivity contribution is 6.06. The van der Waals surface area contributed by atoms with E-state index in [1.54, 1.807) is 16.7 Å². The van der Waals surface area contributed by atoms with Crippen molar-refractivity contribution < 1.29 is 4.42 Å². The highest BCUT2D eigenvalue weighted by Gasteiger charge is 2.48. The zero-order valence-electron chi connectivity index (χ0n) is 35.9. The van der Waals surface area contributed by atoms with Gasteiger partial charge in [0.25, 0.3) is 0 Å². The summed E-state index contributed by atoms with van der Waals surface area (Å²) in [5.74, 6) is 0. The first kappa shape index (κ1) is 36.0. The Morgan fingerprint density at radius 3 is 1.78 bits per heavy atom. The molecule has 0 N–H and O–H groups in total. The van der Waals surface area contributed by atoms with E-state index < -0.39 is 0 Å². The second-order valence-electron chi connectivity index (χ2n) is 20.3. The van der Waals surface area contributed by atoms with E-state index >= 15 is 0 Å². The number of rotatable bonds is 4. The van der Waals surface area contributed by atoms with Crippen LogP contribution in [-0.2, 0) is 21.7 Å².